The van der Waals surface area contributed by atoms with Crippen molar-refractivity contribution in [3.8, 4) is 28.7 Å². The normalized spacial score (nSPS) is 17.3. The number of carbonyl (C=O) groups excluding carboxylic acids is 1. The van der Waals surface area contributed by atoms with Gasteiger partial charge in [0.1, 0.15) is 34.2 Å². The maximum absolute atomic E-state index is 15.7. The first-order valence-electron chi connectivity index (χ1n) is 17.4. The summed E-state index contributed by atoms with van der Waals surface area (Å²) in [4.78, 5) is 32.3. The molecular weight excluding hydrogens is 687 g/mol. The van der Waals surface area contributed by atoms with E-state index in [-0.39, 0.29) is 34.5 Å². The maximum atomic E-state index is 15.7. The molecule has 3 N–H and O–H groups in total. The minimum absolute atomic E-state index is 0.0709. The van der Waals surface area contributed by atoms with Gasteiger partial charge < -0.3 is 24.5 Å². The Balaban J connectivity index is 1.13. The van der Waals surface area contributed by atoms with Gasteiger partial charge in [0.15, 0.2) is 11.6 Å². The first-order chi connectivity index (χ1) is 25.0. The Bertz CT molecular complexity index is 2140. The average Bonchev–Trinajstić information content (AvgIpc) is 3.72. The minimum atomic E-state index is -1.06. The number of carboxylic acids is 1. The second kappa shape index (κ2) is 13.9. The molecule has 1 aliphatic heterocycles. The van der Waals surface area contributed by atoms with Crippen molar-refractivity contribution in [3.63, 3.8) is 0 Å². The molecule has 7 rings (SSSR count). The van der Waals surface area contributed by atoms with Crippen LogP contribution >= 0.6 is 11.6 Å². The van der Waals surface area contributed by atoms with Crippen molar-refractivity contribution < 1.29 is 28.6 Å². The van der Waals surface area contributed by atoms with Gasteiger partial charge in [-0.3, -0.25) is 19.8 Å². The lowest BCUT2D eigenvalue weighted by Crippen LogP contribution is -2.38. The Morgan fingerprint density at radius 2 is 1.92 bits per heavy atom. The number of amides is 1. The average molecular weight is 727 g/mol. The van der Waals surface area contributed by atoms with Crippen LogP contribution in [0.1, 0.15) is 83.5 Å². The molecule has 11 nitrogen and oxygen atoms in total. The van der Waals surface area contributed by atoms with E-state index in [2.05, 4.69) is 35.5 Å². The van der Waals surface area contributed by atoms with Crippen LogP contribution < -0.4 is 20.1 Å². The van der Waals surface area contributed by atoms with Gasteiger partial charge in [-0.05, 0) is 62.3 Å². The molecule has 3 aromatic carbocycles. The van der Waals surface area contributed by atoms with Crippen LogP contribution in [0.25, 0.3) is 11.1 Å². The van der Waals surface area contributed by atoms with E-state index in [4.69, 9.17) is 26.1 Å². The van der Waals surface area contributed by atoms with Crippen LogP contribution in [-0.4, -0.2) is 56.7 Å². The fourth-order valence-corrected chi connectivity index (χ4v) is 7.63. The number of aromatic nitrogens is 2. The van der Waals surface area contributed by atoms with Crippen LogP contribution in [0.5, 0.6) is 11.5 Å². The quantitative estimate of drug-likeness (QED) is 0.157. The number of hydrogen-bond acceptors (Lipinski definition) is 8. The van der Waals surface area contributed by atoms with Gasteiger partial charge in [0.2, 0.25) is 0 Å². The molecule has 13 heteroatoms. The van der Waals surface area contributed by atoms with E-state index < -0.39 is 23.4 Å². The number of methoxy groups -OCH3 is 1. The number of anilines is 1. The van der Waals surface area contributed by atoms with Gasteiger partial charge in [-0.1, -0.05) is 41.9 Å². The SMILES string of the molecule is COc1cc(OC2CCc3c(-c4cccc(NC(=O)c5nc6c(n5C)CCN(C(C)C)C6)c4C#N)cccc32)c(Cl)c(F)c1CNC1(C(=O)O)CC1. The fraction of sp³-hybridized carbons (Fsp3) is 0.385. The highest BCUT2D eigenvalue weighted by molar-refractivity contribution is 6.32. The molecule has 1 atom stereocenters. The molecule has 1 fully saturated rings. The Kier molecular flexibility index (Phi) is 9.46. The number of nitrogens with zero attached hydrogens (tertiary/aromatic N) is 4. The summed E-state index contributed by atoms with van der Waals surface area (Å²) in [6.07, 6.45) is 2.47. The number of benzene rings is 3. The van der Waals surface area contributed by atoms with Gasteiger partial charge >= 0.3 is 5.97 Å². The highest BCUT2D eigenvalue weighted by Crippen LogP contribution is 2.45. The molecule has 0 bridgehead atoms. The lowest BCUT2D eigenvalue weighted by Gasteiger charge is -2.29. The number of halogens is 2. The zero-order valence-corrected chi connectivity index (χ0v) is 30.2. The summed E-state index contributed by atoms with van der Waals surface area (Å²) in [5, 5.41) is 25.6. The molecule has 1 unspecified atom stereocenters. The van der Waals surface area contributed by atoms with E-state index in [1.165, 1.54) is 13.2 Å². The largest absolute Gasteiger partial charge is 0.496 e. The molecular formula is C39H40ClFN6O5. The standard InChI is InChI=1S/C39H40ClFN6O5/c1-21(2)47-16-13-30-29(20-47)44-36(46(30)3)37(48)45-28-10-6-8-23(26(28)18-42)22-7-5-9-25-24(22)11-12-31(25)52-33-17-32(51-4)27(35(41)34(33)40)19-43-39(14-15-39)38(49)50/h5-10,17,21,31,43H,11-16,19-20H2,1-4H3,(H,45,48)(H,49,50). The van der Waals surface area contributed by atoms with E-state index in [1.54, 1.807) is 6.07 Å². The second-order valence-corrected chi connectivity index (χ2v) is 14.3. The van der Waals surface area contributed by atoms with Crippen molar-refractivity contribution in [2.24, 2.45) is 7.05 Å². The van der Waals surface area contributed by atoms with Crippen molar-refractivity contribution in [3.05, 3.63) is 92.8 Å². The first kappa shape index (κ1) is 35.4. The third-order valence-corrected chi connectivity index (χ3v) is 11.0. The monoisotopic (exact) mass is 726 g/mol. The number of imidazole rings is 1. The number of rotatable bonds is 11. The van der Waals surface area contributed by atoms with Crippen molar-refractivity contribution in [1.29, 1.82) is 5.26 Å². The van der Waals surface area contributed by atoms with Crippen LogP contribution in [0.15, 0.2) is 42.5 Å². The number of ether oxygens (including phenoxy) is 2. The molecule has 1 aromatic heterocycles. The van der Waals surface area contributed by atoms with Gasteiger partial charge in [-0.25, -0.2) is 9.37 Å². The van der Waals surface area contributed by atoms with Crippen molar-refractivity contribution in [2.75, 3.05) is 19.0 Å². The number of fused-ring (bicyclic) bond motifs is 2. The molecule has 52 heavy (non-hydrogen) atoms. The summed E-state index contributed by atoms with van der Waals surface area (Å²) in [6.45, 7) is 5.81. The summed E-state index contributed by atoms with van der Waals surface area (Å²) in [6, 6.07) is 15.4. The minimum Gasteiger partial charge on any atom is -0.496 e. The second-order valence-electron chi connectivity index (χ2n) is 13.9. The molecule has 2 heterocycles. The predicted octanol–water partition coefficient (Wildman–Crippen LogP) is 6.55. The topological polar surface area (TPSA) is 142 Å². The Hall–Kier alpha value is -4.96. The van der Waals surface area contributed by atoms with Crippen LogP contribution in [0.2, 0.25) is 5.02 Å². The molecule has 0 radical (unpaired) electrons. The van der Waals surface area contributed by atoms with Crippen LogP contribution in [0.4, 0.5) is 10.1 Å². The Morgan fingerprint density at radius 1 is 1.17 bits per heavy atom. The molecule has 0 saturated heterocycles. The number of carbonyl (C=O) groups is 2. The first-order valence-corrected chi connectivity index (χ1v) is 17.8. The van der Waals surface area contributed by atoms with E-state index >= 15 is 4.39 Å². The summed E-state index contributed by atoms with van der Waals surface area (Å²) < 4.78 is 29.3. The molecule has 0 spiro atoms. The number of aliphatic carboxylic acids is 1. The van der Waals surface area contributed by atoms with Gasteiger partial charge in [0.25, 0.3) is 5.91 Å². The molecule has 270 valence electrons. The Morgan fingerprint density at radius 3 is 2.62 bits per heavy atom. The number of nitrogens with one attached hydrogen (secondary N) is 2. The van der Waals surface area contributed by atoms with Crippen molar-refractivity contribution in [1.82, 2.24) is 19.8 Å². The van der Waals surface area contributed by atoms with Gasteiger partial charge in [-0.15, -0.1) is 0 Å². The highest BCUT2D eigenvalue weighted by atomic mass is 35.5. The summed E-state index contributed by atoms with van der Waals surface area (Å²) in [5.74, 6) is -1.50. The van der Waals surface area contributed by atoms with Gasteiger partial charge in [0.05, 0.1) is 24.1 Å². The predicted molar refractivity (Wildman–Crippen MR) is 193 cm³/mol. The molecule has 1 saturated carbocycles. The van der Waals surface area contributed by atoms with Crippen LogP contribution in [0.3, 0.4) is 0 Å². The van der Waals surface area contributed by atoms with E-state index in [0.717, 1.165) is 41.0 Å². The fourth-order valence-electron chi connectivity index (χ4n) is 7.42. The smallest absolute Gasteiger partial charge is 0.323 e. The van der Waals surface area contributed by atoms with Crippen LogP contribution in [-0.2, 0) is 37.8 Å². The number of carboxylic acid groups (broad SMARTS) is 1. The summed E-state index contributed by atoms with van der Waals surface area (Å²) in [7, 11) is 3.26. The summed E-state index contributed by atoms with van der Waals surface area (Å²) in [5.41, 5.74) is 5.08. The van der Waals surface area contributed by atoms with E-state index in [1.807, 2.05) is 41.9 Å². The zero-order valence-electron chi connectivity index (χ0n) is 29.5. The highest BCUT2D eigenvalue weighted by Gasteiger charge is 2.50. The van der Waals surface area contributed by atoms with Crippen LogP contribution in [0, 0.1) is 17.1 Å². The zero-order chi connectivity index (χ0) is 36.9. The number of hydrogen-bond donors (Lipinski definition) is 3. The summed E-state index contributed by atoms with van der Waals surface area (Å²) >= 11 is 6.51. The third kappa shape index (κ3) is 6.27. The van der Waals surface area contributed by atoms with Gasteiger partial charge in [0, 0.05) is 62.0 Å². The van der Waals surface area contributed by atoms with E-state index in [9.17, 15) is 20.0 Å². The van der Waals surface area contributed by atoms with E-state index in [0.29, 0.717) is 60.9 Å². The molecule has 3 aliphatic rings. The van der Waals surface area contributed by atoms with Crippen molar-refractivity contribution >= 4 is 29.2 Å². The lowest BCUT2D eigenvalue weighted by atomic mass is 9.92. The van der Waals surface area contributed by atoms with Crippen molar-refractivity contribution in [2.45, 2.75) is 76.7 Å². The molecule has 4 aromatic rings. The molecule has 1 amide bonds. The maximum Gasteiger partial charge on any atom is 0.323 e. The lowest BCUT2D eigenvalue weighted by molar-refractivity contribution is -0.140. The van der Waals surface area contributed by atoms with Gasteiger partial charge in [-0.2, -0.15) is 5.26 Å². The Labute approximate surface area is 306 Å². The third-order valence-electron chi connectivity index (χ3n) is 10.6. The molecule has 2 aliphatic carbocycles. The number of nitriles is 1.